The number of halogens is 2. The van der Waals surface area contributed by atoms with Gasteiger partial charge < -0.3 is 5.32 Å². The summed E-state index contributed by atoms with van der Waals surface area (Å²) >= 11 is 13.5. The van der Waals surface area contributed by atoms with Crippen molar-refractivity contribution in [2.24, 2.45) is 0 Å². The lowest BCUT2D eigenvalue weighted by Gasteiger charge is -2.06. The van der Waals surface area contributed by atoms with Gasteiger partial charge in [0.25, 0.3) is 5.91 Å². The minimum atomic E-state index is -0.187. The number of rotatable bonds is 5. The molecule has 0 saturated carbocycles. The third-order valence-electron chi connectivity index (χ3n) is 4.04. The van der Waals surface area contributed by atoms with E-state index >= 15 is 0 Å². The molecule has 0 atom stereocenters. The first-order valence-electron chi connectivity index (χ1n) is 8.23. The Morgan fingerprint density at radius 2 is 1.89 bits per heavy atom. The molecule has 1 N–H and O–H groups in total. The van der Waals surface area contributed by atoms with Gasteiger partial charge in [-0.2, -0.15) is 4.98 Å². The van der Waals surface area contributed by atoms with Crippen LogP contribution in [0.4, 0.5) is 0 Å². The maximum atomic E-state index is 12.2. The maximum absolute atomic E-state index is 12.2. The molecule has 1 amide bonds. The van der Waals surface area contributed by atoms with Gasteiger partial charge in [0.15, 0.2) is 5.82 Å². The van der Waals surface area contributed by atoms with E-state index in [2.05, 4.69) is 15.4 Å². The maximum Gasteiger partial charge on any atom is 0.252 e. The van der Waals surface area contributed by atoms with Crippen LogP contribution in [0.3, 0.4) is 0 Å². The number of hydrogen-bond acceptors (Lipinski definition) is 4. The van der Waals surface area contributed by atoms with Gasteiger partial charge in [-0.25, -0.2) is 4.52 Å². The number of carbonyl (C=O) groups excluding carboxylic acids is 1. The second kappa shape index (κ2) is 7.68. The molecule has 8 heteroatoms. The third-order valence-corrected chi connectivity index (χ3v) is 5.48. The van der Waals surface area contributed by atoms with Crippen LogP contribution in [0.5, 0.6) is 0 Å². The topological polar surface area (TPSA) is 59.3 Å². The van der Waals surface area contributed by atoms with Gasteiger partial charge in [0.1, 0.15) is 0 Å². The highest BCUT2D eigenvalue weighted by Gasteiger charge is 2.13. The molecule has 0 aliphatic heterocycles. The number of thiazole rings is 1. The molecule has 2 aromatic carbocycles. The lowest BCUT2D eigenvalue weighted by molar-refractivity contribution is 0.0954. The predicted molar refractivity (Wildman–Crippen MR) is 109 cm³/mol. The van der Waals surface area contributed by atoms with Crippen molar-refractivity contribution in [2.45, 2.75) is 6.42 Å². The first-order chi connectivity index (χ1) is 13.1. The second-order valence-corrected chi connectivity index (χ2v) is 7.53. The number of benzene rings is 2. The Kier molecular flexibility index (Phi) is 5.11. The van der Waals surface area contributed by atoms with E-state index in [1.165, 1.54) is 11.3 Å². The van der Waals surface area contributed by atoms with E-state index in [4.69, 9.17) is 23.2 Å². The number of aromatic nitrogens is 3. The van der Waals surface area contributed by atoms with E-state index in [-0.39, 0.29) is 5.91 Å². The molecule has 136 valence electrons. The van der Waals surface area contributed by atoms with Crippen LogP contribution in [0.25, 0.3) is 16.3 Å². The van der Waals surface area contributed by atoms with E-state index < -0.39 is 0 Å². The smallest absolute Gasteiger partial charge is 0.252 e. The summed E-state index contributed by atoms with van der Waals surface area (Å²) in [6.07, 6.45) is 0.639. The zero-order valence-electron chi connectivity index (χ0n) is 14.0. The fourth-order valence-electron chi connectivity index (χ4n) is 2.66. The lowest BCUT2D eigenvalue weighted by Crippen LogP contribution is -2.26. The summed E-state index contributed by atoms with van der Waals surface area (Å²) in [5, 5.41) is 10.6. The highest BCUT2D eigenvalue weighted by molar-refractivity contribution is 7.15. The molecule has 4 rings (SSSR count). The molecule has 0 unspecified atom stereocenters. The Morgan fingerprint density at radius 3 is 2.67 bits per heavy atom. The summed E-state index contributed by atoms with van der Waals surface area (Å²) in [5.41, 5.74) is 2.37. The largest absolute Gasteiger partial charge is 0.352 e. The summed E-state index contributed by atoms with van der Waals surface area (Å²) in [4.78, 5) is 17.6. The van der Waals surface area contributed by atoms with Crippen molar-refractivity contribution in [3.63, 3.8) is 0 Å². The van der Waals surface area contributed by atoms with Gasteiger partial charge in [-0.15, -0.1) is 16.4 Å². The van der Waals surface area contributed by atoms with Crippen molar-refractivity contribution in [1.29, 1.82) is 0 Å². The van der Waals surface area contributed by atoms with Gasteiger partial charge in [-0.3, -0.25) is 4.79 Å². The Hall–Kier alpha value is -2.41. The molecule has 0 radical (unpaired) electrons. The van der Waals surface area contributed by atoms with Crippen LogP contribution < -0.4 is 5.32 Å². The molecule has 27 heavy (non-hydrogen) atoms. The Balaban J connectivity index is 1.46. The van der Waals surface area contributed by atoms with E-state index in [0.29, 0.717) is 34.4 Å². The number of hydrogen-bond donors (Lipinski definition) is 1. The summed E-state index contributed by atoms with van der Waals surface area (Å²) in [6.45, 7) is 0.478. The highest BCUT2D eigenvalue weighted by Crippen LogP contribution is 2.22. The number of carbonyl (C=O) groups is 1. The zero-order chi connectivity index (χ0) is 18.8. The summed E-state index contributed by atoms with van der Waals surface area (Å²) in [7, 11) is 0. The quantitative estimate of drug-likeness (QED) is 0.511. The fraction of sp³-hybridized carbons (Fsp3) is 0.105. The summed E-state index contributed by atoms with van der Waals surface area (Å²) in [5.74, 6) is 0.465. The molecule has 2 heterocycles. The molecule has 0 spiro atoms. The molecular weight excluding hydrogens is 403 g/mol. The lowest BCUT2D eigenvalue weighted by atomic mass is 10.2. The third kappa shape index (κ3) is 3.83. The Bertz CT molecular complexity index is 1100. The van der Waals surface area contributed by atoms with Crippen LogP contribution in [-0.4, -0.2) is 27.0 Å². The predicted octanol–water partition coefficient (Wildman–Crippen LogP) is 4.74. The van der Waals surface area contributed by atoms with Gasteiger partial charge in [0.05, 0.1) is 16.3 Å². The van der Waals surface area contributed by atoms with Crippen molar-refractivity contribution < 1.29 is 4.79 Å². The van der Waals surface area contributed by atoms with Crippen LogP contribution in [0, 0.1) is 0 Å². The van der Waals surface area contributed by atoms with E-state index in [1.807, 2.05) is 34.2 Å². The SMILES string of the molecule is O=C(NCCc1csc2nc(-c3ccc(Cl)cc3)nn12)c1ccccc1Cl. The standard InChI is InChI=1S/C19H14Cl2N4OS/c20-13-7-5-12(6-8-13)17-23-19-25(24-17)14(11-27-19)9-10-22-18(26)15-3-1-2-4-16(15)21/h1-8,11H,9-10H2,(H,22,26). The van der Waals surface area contributed by atoms with Crippen molar-refractivity contribution in [3.8, 4) is 11.4 Å². The van der Waals surface area contributed by atoms with Crippen LogP contribution in [0.2, 0.25) is 10.0 Å². The molecule has 0 aliphatic rings. The average molecular weight is 417 g/mol. The van der Waals surface area contributed by atoms with E-state index in [9.17, 15) is 4.79 Å². The van der Waals surface area contributed by atoms with Crippen LogP contribution in [-0.2, 0) is 6.42 Å². The molecular formula is C19H14Cl2N4OS. The summed E-state index contributed by atoms with van der Waals surface area (Å²) < 4.78 is 1.82. The average Bonchev–Trinajstić information content (AvgIpc) is 3.24. The monoisotopic (exact) mass is 416 g/mol. The van der Waals surface area contributed by atoms with Crippen LogP contribution in [0.15, 0.2) is 53.9 Å². The highest BCUT2D eigenvalue weighted by atomic mass is 35.5. The van der Waals surface area contributed by atoms with Crippen LogP contribution >= 0.6 is 34.5 Å². The van der Waals surface area contributed by atoms with Gasteiger partial charge in [-0.05, 0) is 36.4 Å². The van der Waals surface area contributed by atoms with E-state index in [1.54, 1.807) is 24.3 Å². The molecule has 0 fully saturated rings. The number of fused-ring (bicyclic) bond motifs is 1. The van der Waals surface area contributed by atoms with Gasteiger partial charge in [0, 0.05) is 28.9 Å². The summed E-state index contributed by atoms with van der Waals surface area (Å²) in [6, 6.07) is 14.4. The number of nitrogens with zero attached hydrogens (tertiary/aromatic N) is 3. The van der Waals surface area contributed by atoms with Crippen LogP contribution in [0.1, 0.15) is 16.1 Å². The normalized spacial score (nSPS) is 11.0. The molecule has 0 bridgehead atoms. The van der Waals surface area contributed by atoms with Gasteiger partial charge in [-0.1, -0.05) is 35.3 Å². The second-order valence-electron chi connectivity index (χ2n) is 5.85. The minimum Gasteiger partial charge on any atom is -0.352 e. The van der Waals surface area contributed by atoms with Crippen molar-refractivity contribution >= 4 is 45.4 Å². The molecule has 4 aromatic rings. The van der Waals surface area contributed by atoms with Crippen molar-refractivity contribution in [1.82, 2.24) is 19.9 Å². The number of nitrogens with one attached hydrogen (secondary N) is 1. The fourth-order valence-corrected chi connectivity index (χ4v) is 3.87. The zero-order valence-corrected chi connectivity index (χ0v) is 16.4. The molecule has 0 saturated heterocycles. The Morgan fingerprint density at radius 1 is 1.11 bits per heavy atom. The minimum absolute atomic E-state index is 0.187. The van der Waals surface area contributed by atoms with E-state index in [0.717, 1.165) is 16.2 Å². The first kappa shape index (κ1) is 18.0. The first-order valence-corrected chi connectivity index (χ1v) is 9.87. The van der Waals surface area contributed by atoms with Crippen molar-refractivity contribution in [3.05, 3.63) is 75.2 Å². The van der Waals surface area contributed by atoms with Crippen molar-refractivity contribution in [2.75, 3.05) is 6.54 Å². The van der Waals surface area contributed by atoms with Gasteiger partial charge in [0.2, 0.25) is 4.96 Å². The Labute approximate surface area is 169 Å². The van der Waals surface area contributed by atoms with Gasteiger partial charge >= 0.3 is 0 Å². The molecule has 2 aromatic heterocycles. The number of amides is 1. The molecule has 0 aliphatic carbocycles. The molecule has 5 nitrogen and oxygen atoms in total.